The van der Waals surface area contributed by atoms with Gasteiger partial charge in [0, 0.05) is 12.8 Å². The molecule has 17 heavy (non-hydrogen) atoms. The lowest BCUT2D eigenvalue weighted by molar-refractivity contribution is -0.173. The molecule has 0 saturated carbocycles. The maximum atomic E-state index is 12.1. The number of halogens is 6. The monoisotopic (exact) mass is 265 g/mol. The van der Waals surface area contributed by atoms with E-state index in [1.807, 2.05) is 6.92 Å². The molecule has 0 saturated heterocycles. The van der Waals surface area contributed by atoms with Crippen molar-refractivity contribution in [1.29, 1.82) is 0 Å². The van der Waals surface area contributed by atoms with E-state index < -0.39 is 31.1 Å². The van der Waals surface area contributed by atoms with Crippen LogP contribution in [0.3, 0.4) is 0 Å². The first-order valence-electron chi connectivity index (χ1n) is 5.48. The van der Waals surface area contributed by atoms with E-state index in [2.05, 4.69) is 5.32 Å². The zero-order valence-electron chi connectivity index (χ0n) is 9.59. The summed E-state index contributed by atoms with van der Waals surface area (Å²) >= 11 is 0. The van der Waals surface area contributed by atoms with Crippen LogP contribution in [0.25, 0.3) is 0 Å². The van der Waals surface area contributed by atoms with Crippen molar-refractivity contribution in [1.82, 2.24) is 5.32 Å². The van der Waals surface area contributed by atoms with Gasteiger partial charge in [0.2, 0.25) is 0 Å². The van der Waals surface area contributed by atoms with Crippen LogP contribution in [0.15, 0.2) is 0 Å². The summed E-state index contributed by atoms with van der Waals surface area (Å²) in [6.07, 6.45) is -11.1. The third-order valence-corrected chi connectivity index (χ3v) is 2.20. The largest absolute Gasteiger partial charge is 0.389 e. The summed E-state index contributed by atoms with van der Waals surface area (Å²) in [5.74, 6) is -1.39. The molecule has 0 bridgehead atoms. The van der Waals surface area contributed by atoms with Crippen LogP contribution in [0.1, 0.15) is 32.6 Å². The van der Waals surface area contributed by atoms with Crippen LogP contribution in [0, 0.1) is 5.92 Å². The van der Waals surface area contributed by atoms with Crippen molar-refractivity contribution in [3.8, 4) is 0 Å². The topological polar surface area (TPSA) is 12.0 Å². The maximum Gasteiger partial charge on any atom is 0.389 e. The van der Waals surface area contributed by atoms with Gasteiger partial charge >= 0.3 is 12.4 Å². The predicted molar refractivity (Wildman–Crippen MR) is 52.6 cm³/mol. The molecule has 0 heterocycles. The van der Waals surface area contributed by atoms with Crippen molar-refractivity contribution in [2.75, 3.05) is 13.1 Å². The molecule has 104 valence electrons. The summed E-state index contributed by atoms with van der Waals surface area (Å²) in [6.45, 7) is 2.66. The van der Waals surface area contributed by atoms with E-state index in [0.29, 0.717) is 6.54 Å². The normalized spacial score (nSPS) is 13.4. The fraction of sp³-hybridized carbons (Fsp3) is 1.00. The average molecular weight is 265 g/mol. The van der Waals surface area contributed by atoms with Gasteiger partial charge in [0.15, 0.2) is 0 Å². The molecule has 0 aliphatic heterocycles. The Morgan fingerprint density at radius 3 is 1.71 bits per heavy atom. The Balaban J connectivity index is 4.12. The molecule has 0 spiro atoms. The lowest BCUT2D eigenvalue weighted by atomic mass is 9.97. The van der Waals surface area contributed by atoms with Gasteiger partial charge in [-0.3, -0.25) is 0 Å². The minimum Gasteiger partial charge on any atom is -0.317 e. The van der Waals surface area contributed by atoms with Gasteiger partial charge in [-0.2, -0.15) is 26.3 Å². The molecule has 7 heteroatoms. The second-order valence-electron chi connectivity index (χ2n) is 4.04. The Kier molecular flexibility index (Phi) is 6.89. The summed E-state index contributed by atoms with van der Waals surface area (Å²) in [6, 6.07) is 0. The Labute approximate surface area is 96.6 Å². The minimum absolute atomic E-state index is 0.112. The number of alkyl halides is 6. The van der Waals surface area contributed by atoms with E-state index in [-0.39, 0.29) is 13.0 Å². The molecule has 0 aromatic heterocycles. The van der Waals surface area contributed by atoms with E-state index in [9.17, 15) is 26.3 Å². The first-order valence-corrected chi connectivity index (χ1v) is 5.48. The molecule has 0 radical (unpaired) electrons. The molecule has 0 aliphatic rings. The Bertz CT molecular complexity index is 182. The third kappa shape index (κ3) is 11.8. The van der Waals surface area contributed by atoms with E-state index in [1.54, 1.807) is 0 Å². The lowest BCUT2D eigenvalue weighted by Gasteiger charge is -2.20. The highest BCUT2D eigenvalue weighted by molar-refractivity contribution is 4.69. The molecule has 0 atom stereocenters. The molecule has 1 nitrogen and oxygen atoms in total. The second-order valence-corrected chi connectivity index (χ2v) is 4.04. The fourth-order valence-electron chi connectivity index (χ4n) is 1.54. The first-order chi connectivity index (χ1) is 7.64. The zero-order chi connectivity index (χ0) is 13.5. The van der Waals surface area contributed by atoms with Gasteiger partial charge in [0.1, 0.15) is 0 Å². The van der Waals surface area contributed by atoms with Gasteiger partial charge in [-0.05, 0) is 31.8 Å². The highest BCUT2D eigenvalue weighted by atomic mass is 19.4. The number of hydrogen-bond acceptors (Lipinski definition) is 1. The first kappa shape index (κ1) is 16.5. The highest BCUT2D eigenvalue weighted by Gasteiger charge is 2.38. The molecule has 0 aliphatic carbocycles. The molecule has 0 rings (SSSR count). The summed E-state index contributed by atoms with van der Waals surface area (Å²) in [7, 11) is 0. The van der Waals surface area contributed by atoms with E-state index in [0.717, 1.165) is 6.42 Å². The standard InChI is InChI=1S/C10H17F6N/c1-2-4-17-5-3-8(6-9(11,12)13)7-10(14,15)16/h8,17H,2-7H2,1H3. The van der Waals surface area contributed by atoms with Gasteiger partial charge in [-0.15, -0.1) is 0 Å². The molecule has 0 aromatic carbocycles. The van der Waals surface area contributed by atoms with Gasteiger partial charge in [0.05, 0.1) is 0 Å². The summed E-state index contributed by atoms with van der Waals surface area (Å²) in [4.78, 5) is 0. The summed E-state index contributed by atoms with van der Waals surface area (Å²) in [5.41, 5.74) is 0. The van der Waals surface area contributed by atoms with Gasteiger partial charge in [-0.1, -0.05) is 6.92 Å². The number of hydrogen-bond donors (Lipinski definition) is 1. The Morgan fingerprint density at radius 2 is 1.35 bits per heavy atom. The number of nitrogens with one attached hydrogen (secondary N) is 1. The predicted octanol–water partition coefficient (Wildman–Crippen LogP) is 3.90. The van der Waals surface area contributed by atoms with Crippen LogP contribution >= 0.6 is 0 Å². The molecule has 0 aromatic rings. The van der Waals surface area contributed by atoms with Crippen molar-refractivity contribution in [3.05, 3.63) is 0 Å². The van der Waals surface area contributed by atoms with Gasteiger partial charge < -0.3 is 5.32 Å². The smallest absolute Gasteiger partial charge is 0.317 e. The number of rotatable bonds is 7. The van der Waals surface area contributed by atoms with Crippen molar-refractivity contribution in [2.45, 2.75) is 45.0 Å². The quantitative estimate of drug-likeness (QED) is 0.544. The maximum absolute atomic E-state index is 12.1. The molecular formula is C10H17F6N. The Morgan fingerprint density at radius 1 is 0.882 bits per heavy atom. The van der Waals surface area contributed by atoms with Crippen LogP contribution in [-0.2, 0) is 0 Å². The van der Waals surface area contributed by atoms with Crippen molar-refractivity contribution >= 4 is 0 Å². The van der Waals surface area contributed by atoms with Gasteiger partial charge in [0.25, 0.3) is 0 Å². The summed E-state index contributed by atoms with van der Waals surface area (Å²) in [5, 5.41) is 2.80. The highest BCUT2D eigenvalue weighted by Crippen LogP contribution is 2.34. The molecule has 0 fully saturated rings. The molecule has 0 amide bonds. The van der Waals surface area contributed by atoms with Crippen LogP contribution < -0.4 is 5.32 Å². The molecular weight excluding hydrogens is 248 g/mol. The molecule has 0 unspecified atom stereocenters. The van der Waals surface area contributed by atoms with E-state index >= 15 is 0 Å². The van der Waals surface area contributed by atoms with Crippen molar-refractivity contribution in [3.63, 3.8) is 0 Å². The fourth-order valence-corrected chi connectivity index (χ4v) is 1.54. The zero-order valence-corrected chi connectivity index (χ0v) is 9.59. The Hall–Kier alpha value is -0.460. The van der Waals surface area contributed by atoms with Gasteiger partial charge in [-0.25, -0.2) is 0 Å². The van der Waals surface area contributed by atoms with E-state index in [1.165, 1.54) is 0 Å². The van der Waals surface area contributed by atoms with Crippen LogP contribution in [0.5, 0.6) is 0 Å². The minimum atomic E-state index is -4.54. The van der Waals surface area contributed by atoms with Crippen molar-refractivity contribution < 1.29 is 26.3 Å². The van der Waals surface area contributed by atoms with Crippen LogP contribution in [-0.4, -0.2) is 25.4 Å². The van der Waals surface area contributed by atoms with Crippen LogP contribution in [0.2, 0.25) is 0 Å². The second kappa shape index (κ2) is 7.08. The van der Waals surface area contributed by atoms with Crippen LogP contribution in [0.4, 0.5) is 26.3 Å². The lowest BCUT2D eigenvalue weighted by Crippen LogP contribution is -2.25. The SMILES string of the molecule is CCCNCCC(CC(F)(F)F)CC(F)(F)F. The van der Waals surface area contributed by atoms with E-state index in [4.69, 9.17) is 0 Å². The average Bonchev–Trinajstić information content (AvgIpc) is 2.06. The summed E-state index contributed by atoms with van der Waals surface area (Å²) < 4.78 is 72.4. The molecule has 1 N–H and O–H groups in total. The van der Waals surface area contributed by atoms with Crippen molar-refractivity contribution in [2.24, 2.45) is 5.92 Å². The third-order valence-electron chi connectivity index (χ3n) is 2.20.